The maximum absolute atomic E-state index is 10.1. The summed E-state index contributed by atoms with van der Waals surface area (Å²) in [5.74, 6) is 0.370. The summed E-state index contributed by atoms with van der Waals surface area (Å²) >= 11 is 3.24. The average molecular weight is 302 g/mol. The molecule has 0 aliphatic carbocycles. The Morgan fingerprint density at radius 2 is 1.94 bits per heavy atom. The molecule has 2 unspecified atom stereocenters. The third kappa shape index (κ3) is 3.69. The minimum atomic E-state index is -0.925. The highest BCUT2D eigenvalue weighted by Gasteiger charge is 2.20. The van der Waals surface area contributed by atoms with Crippen molar-refractivity contribution in [3.05, 3.63) is 29.3 Å². The molecule has 0 heterocycles. The smallest absolute Gasteiger partial charge is 0.107 e. The second-order valence-electron chi connectivity index (χ2n) is 4.53. The fourth-order valence-electron chi connectivity index (χ4n) is 1.69. The third-order valence-electron chi connectivity index (χ3n) is 2.87. The van der Waals surface area contributed by atoms with Crippen molar-refractivity contribution in [1.82, 2.24) is 0 Å². The number of benzene rings is 1. The Balaban J connectivity index is 2.99. The zero-order valence-corrected chi connectivity index (χ0v) is 11.8. The van der Waals surface area contributed by atoms with Gasteiger partial charge in [0.25, 0.3) is 0 Å². The van der Waals surface area contributed by atoms with Crippen LogP contribution < -0.4 is 5.73 Å². The number of anilines is 1. The molecule has 0 aliphatic rings. The molecule has 96 valence electrons. The summed E-state index contributed by atoms with van der Waals surface area (Å²) in [4.78, 5) is 0. The second kappa shape index (κ2) is 6.38. The van der Waals surface area contributed by atoms with Gasteiger partial charge >= 0.3 is 0 Å². The molecular formula is C13H20BrNO2. The lowest BCUT2D eigenvalue weighted by atomic mass is 9.95. The van der Waals surface area contributed by atoms with Crippen molar-refractivity contribution in [2.24, 2.45) is 0 Å². The van der Waals surface area contributed by atoms with Crippen LogP contribution >= 0.6 is 15.9 Å². The minimum Gasteiger partial charge on any atom is -0.398 e. The van der Waals surface area contributed by atoms with E-state index >= 15 is 0 Å². The van der Waals surface area contributed by atoms with Crippen LogP contribution in [0.5, 0.6) is 0 Å². The Kier molecular flexibility index (Phi) is 5.43. The van der Waals surface area contributed by atoms with E-state index in [-0.39, 0.29) is 0 Å². The van der Waals surface area contributed by atoms with Crippen LogP contribution in [0.15, 0.2) is 18.2 Å². The van der Waals surface area contributed by atoms with Gasteiger partial charge in [0.15, 0.2) is 0 Å². The van der Waals surface area contributed by atoms with Gasteiger partial charge in [-0.3, -0.25) is 0 Å². The summed E-state index contributed by atoms with van der Waals surface area (Å²) in [5.41, 5.74) is 8.09. The van der Waals surface area contributed by atoms with Gasteiger partial charge < -0.3 is 15.9 Å². The van der Waals surface area contributed by atoms with Crippen LogP contribution in [-0.2, 0) is 0 Å². The Morgan fingerprint density at radius 3 is 2.47 bits per heavy atom. The van der Waals surface area contributed by atoms with Crippen molar-refractivity contribution in [3.63, 3.8) is 0 Å². The van der Waals surface area contributed by atoms with E-state index in [1.807, 2.05) is 12.1 Å². The molecule has 3 nitrogen and oxygen atoms in total. The Morgan fingerprint density at radius 1 is 1.29 bits per heavy atom. The quantitative estimate of drug-likeness (QED) is 0.578. The van der Waals surface area contributed by atoms with Gasteiger partial charge in [0.1, 0.15) is 6.10 Å². The molecule has 0 radical (unpaired) electrons. The van der Waals surface area contributed by atoms with E-state index in [1.54, 1.807) is 6.07 Å². The van der Waals surface area contributed by atoms with Crippen molar-refractivity contribution < 1.29 is 10.2 Å². The molecule has 4 N–H and O–H groups in total. The van der Waals surface area contributed by atoms with Gasteiger partial charge in [-0.15, -0.1) is 0 Å². The SMILES string of the molecule is CC(C)c1ccc(N)c(C(O)C(O)CCBr)c1. The van der Waals surface area contributed by atoms with E-state index in [9.17, 15) is 10.2 Å². The molecule has 0 aliphatic heterocycles. The maximum Gasteiger partial charge on any atom is 0.107 e. The topological polar surface area (TPSA) is 66.5 Å². The minimum absolute atomic E-state index is 0.370. The molecule has 0 bridgehead atoms. The molecule has 0 spiro atoms. The number of nitrogen functional groups attached to an aromatic ring is 1. The zero-order chi connectivity index (χ0) is 13.0. The molecule has 2 atom stereocenters. The van der Waals surface area contributed by atoms with Crippen molar-refractivity contribution in [2.75, 3.05) is 11.1 Å². The Hall–Kier alpha value is -0.580. The van der Waals surface area contributed by atoms with E-state index < -0.39 is 12.2 Å². The van der Waals surface area contributed by atoms with Gasteiger partial charge in [0.2, 0.25) is 0 Å². The van der Waals surface area contributed by atoms with E-state index in [4.69, 9.17) is 5.73 Å². The summed E-state index contributed by atoms with van der Waals surface area (Å²) in [7, 11) is 0. The highest BCUT2D eigenvalue weighted by atomic mass is 79.9. The highest BCUT2D eigenvalue weighted by Crippen LogP contribution is 2.28. The van der Waals surface area contributed by atoms with Gasteiger partial charge in [-0.05, 0) is 24.0 Å². The maximum atomic E-state index is 10.1. The first-order valence-corrected chi connectivity index (χ1v) is 6.91. The van der Waals surface area contributed by atoms with Crippen LogP contribution in [0.2, 0.25) is 0 Å². The summed E-state index contributed by atoms with van der Waals surface area (Å²) < 4.78 is 0. The fourth-order valence-corrected chi connectivity index (χ4v) is 2.15. The van der Waals surface area contributed by atoms with E-state index in [0.29, 0.717) is 28.9 Å². The molecule has 0 amide bonds. The molecule has 1 aromatic carbocycles. The molecule has 4 heteroatoms. The number of hydrogen-bond acceptors (Lipinski definition) is 3. The van der Waals surface area contributed by atoms with E-state index in [0.717, 1.165) is 5.56 Å². The molecular weight excluding hydrogens is 282 g/mol. The third-order valence-corrected chi connectivity index (χ3v) is 3.32. The number of hydrogen-bond donors (Lipinski definition) is 3. The molecule has 0 saturated carbocycles. The molecule has 17 heavy (non-hydrogen) atoms. The van der Waals surface area contributed by atoms with Gasteiger partial charge in [0, 0.05) is 16.6 Å². The zero-order valence-electron chi connectivity index (χ0n) is 10.2. The van der Waals surface area contributed by atoms with Crippen LogP contribution in [0.25, 0.3) is 0 Å². The summed E-state index contributed by atoms with van der Waals surface area (Å²) in [5, 5.41) is 20.5. The summed E-state index contributed by atoms with van der Waals surface area (Å²) in [6.07, 6.45) is -1.22. The van der Waals surface area contributed by atoms with Crippen LogP contribution in [0, 0.1) is 0 Å². The van der Waals surface area contributed by atoms with Gasteiger partial charge in [-0.25, -0.2) is 0 Å². The number of aliphatic hydroxyl groups is 2. The van der Waals surface area contributed by atoms with Crippen LogP contribution in [0.1, 0.15) is 43.4 Å². The molecule has 1 rings (SSSR count). The molecule has 0 fully saturated rings. The second-order valence-corrected chi connectivity index (χ2v) is 5.33. The largest absolute Gasteiger partial charge is 0.398 e. The lowest BCUT2D eigenvalue weighted by Gasteiger charge is -2.20. The monoisotopic (exact) mass is 301 g/mol. The fraction of sp³-hybridized carbons (Fsp3) is 0.538. The first-order valence-electron chi connectivity index (χ1n) is 5.78. The van der Waals surface area contributed by atoms with Crippen molar-refractivity contribution in [1.29, 1.82) is 0 Å². The molecule has 1 aromatic rings. The van der Waals surface area contributed by atoms with Gasteiger partial charge in [-0.1, -0.05) is 41.9 Å². The number of nitrogens with two attached hydrogens (primary N) is 1. The van der Waals surface area contributed by atoms with Crippen LogP contribution in [0.3, 0.4) is 0 Å². The van der Waals surface area contributed by atoms with Crippen molar-refractivity contribution >= 4 is 21.6 Å². The Bertz CT molecular complexity index is 368. The van der Waals surface area contributed by atoms with Gasteiger partial charge in [0.05, 0.1) is 6.10 Å². The van der Waals surface area contributed by atoms with Crippen LogP contribution in [0.4, 0.5) is 5.69 Å². The Labute approximate surface area is 111 Å². The highest BCUT2D eigenvalue weighted by molar-refractivity contribution is 9.09. The number of aliphatic hydroxyl groups excluding tert-OH is 2. The lowest BCUT2D eigenvalue weighted by molar-refractivity contribution is 0.0177. The van der Waals surface area contributed by atoms with Gasteiger partial charge in [-0.2, -0.15) is 0 Å². The number of rotatable bonds is 5. The summed E-state index contributed by atoms with van der Waals surface area (Å²) in [6.45, 7) is 4.16. The molecule has 0 saturated heterocycles. The average Bonchev–Trinajstić information content (AvgIpc) is 2.28. The predicted molar refractivity (Wildman–Crippen MR) is 74.3 cm³/mol. The van der Waals surface area contributed by atoms with E-state index in [1.165, 1.54) is 0 Å². The van der Waals surface area contributed by atoms with Crippen molar-refractivity contribution in [3.8, 4) is 0 Å². The van der Waals surface area contributed by atoms with Crippen molar-refractivity contribution in [2.45, 2.75) is 38.4 Å². The van der Waals surface area contributed by atoms with Crippen LogP contribution in [-0.4, -0.2) is 21.6 Å². The number of alkyl halides is 1. The number of halogens is 1. The summed E-state index contributed by atoms with van der Waals surface area (Å²) in [6, 6.07) is 5.62. The normalized spacial score (nSPS) is 14.9. The lowest BCUT2D eigenvalue weighted by Crippen LogP contribution is -2.20. The first-order chi connectivity index (χ1) is 7.97. The predicted octanol–water partition coefficient (Wildman–Crippen LogP) is 2.57. The van der Waals surface area contributed by atoms with E-state index in [2.05, 4.69) is 29.8 Å². The first kappa shape index (κ1) is 14.5. The molecule has 0 aromatic heterocycles. The standard InChI is InChI=1S/C13H20BrNO2/c1-8(2)9-3-4-11(15)10(7-9)13(17)12(16)5-6-14/h3-4,7-8,12-13,16-17H,5-6,15H2,1-2H3.